The Labute approximate surface area is 213 Å². The van der Waals surface area contributed by atoms with Gasteiger partial charge in [-0.2, -0.15) is 0 Å². The summed E-state index contributed by atoms with van der Waals surface area (Å²) in [7, 11) is 0. The second kappa shape index (κ2) is 9.55. The number of hydrogen-bond acceptors (Lipinski definition) is 11. The molecule has 4 aliphatic heterocycles. The summed E-state index contributed by atoms with van der Waals surface area (Å²) >= 11 is 2.33. The lowest BCUT2D eigenvalue weighted by molar-refractivity contribution is -0.150. The Hall–Kier alpha value is -3.43. The predicted octanol–water partition coefficient (Wildman–Crippen LogP) is -0.980. The number of oxime groups is 1. The van der Waals surface area contributed by atoms with E-state index in [1.165, 1.54) is 17.1 Å². The van der Waals surface area contributed by atoms with Gasteiger partial charge in [-0.05, 0) is 18.1 Å². The van der Waals surface area contributed by atoms with Crippen LogP contribution in [0.5, 0.6) is 0 Å². The van der Waals surface area contributed by atoms with Gasteiger partial charge >= 0.3 is 5.97 Å². The van der Waals surface area contributed by atoms with Crippen molar-refractivity contribution in [1.29, 1.82) is 0 Å². The van der Waals surface area contributed by atoms with Gasteiger partial charge in [-0.1, -0.05) is 5.16 Å². The highest BCUT2D eigenvalue weighted by molar-refractivity contribution is 8.00. The van der Waals surface area contributed by atoms with E-state index in [1.54, 1.807) is 11.0 Å². The van der Waals surface area contributed by atoms with Gasteiger partial charge in [-0.3, -0.25) is 19.3 Å². The predicted molar refractivity (Wildman–Crippen MR) is 130 cm³/mol. The van der Waals surface area contributed by atoms with Crippen molar-refractivity contribution in [3.8, 4) is 0 Å². The normalized spacial score (nSPS) is 25.7. The van der Waals surface area contributed by atoms with Gasteiger partial charge in [0.05, 0.1) is 0 Å². The summed E-state index contributed by atoms with van der Waals surface area (Å²) in [6, 6.07) is -1.02. The van der Waals surface area contributed by atoms with Crippen LogP contribution in [0.4, 0.5) is 5.13 Å². The standard InChI is InChI=1S/C21H23N7O6S2/c22-21-24-12(8-36-21)13(26-34)16(29)25-14-18(31)28-15(20(32)33)11(7-35-19(14)28)3-10-1-2-27(17(10)30)6-9-4-23-5-9/h3,8-9,14,19,23,34H,1-2,4-7H2,(H2,22,24)(H,25,29)(H,32,33)/b10-3+,26-13-/t14-,19-/m1/s1. The van der Waals surface area contributed by atoms with E-state index < -0.39 is 34.9 Å². The van der Waals surface area contributed by atoms with Gasteiger partial charge in [-0.15, -0.1) is 23.1 Å². The molecular formula is C21H23N7O6S2. The number of nitrogen functional groups attached to an aromatic ring is 1. The zero-order valence-electron chi connectivity index (χ0n) is 18.8. The number of nitrogens with one attached hydrogen (secondary N) is 2. The number of aliphatic carboxylic acids is 1. The molecule has 0 radical (unpaired) electrons. The monoisotopic (exact) mass is 533 g/mol. The van der Waals surface area contributed by atoms with Crippen molar-refractivity contribution < 1.29 is 29.5 Å². The maximum atomic E-state index is 12.9. The quantitative estimate of drug-likeness (QED) is 0.0957. The van der Waals surface area contributed by atoms with Gasteiger partial charge in [0.1, 0.15) is 22.8 Å². The Bertz CT molecular complexity index is 1240. The molecule has 0 bridgehead atoms. The fourth-order valence-electron chi connectivity index (χ4n) is 4.55. The number of hydrogen-bond donors (Lipinski definition) is 5. The summed E-state index contributed by atoms with van der Waals surface area (Å²) in [4.78, 5) is 57.3. The molecule has 3 saturated heterocycles. The third-order valence-electron chi connectivity index (χ3n) is 6.47. The van der Waals surface area contributed by atoms with Crippen LogP contribution in [0.1, 0.15) is 12.1 Å². The first kappa shape index (κ1) is 24.3. The molecule has 0 saturated carbocycles. The Morgan fingerprint density at radius 2 is 2.14 bits per heavy atom. The molecule has 13 nitrogen and oxygen atoms in total. The molecule has 1 aromatic rings. The summed E-state index contributed by atoms with van der Waals surface area (Å²) in [6.45, 7) is 3.02. The summed E-state index contributed by atoms with van der Waals surface area (Å²) in [5.74, 6) is -2.17. The average Bonchev–Trinajstić information content (AvgIpc) is 3.40. The van der Waals surface area contributed by atoms with E-state index in [0.717, 1.165) is 29.3 Å². The number of allylic oxidation sites excluding steroid dienone is 1. The SMILES string of the molecule is Nc1nc(/C(=N/O)C(=O)N[C@@H]2C(=O)N3C(C(=O)O)=C(/C=C4\CCN(CC5CNC5)C4=O)CS[C@H]23)cs1. The van der Waals surface area contributed by atoms with E-state index in [2.05, 4.69) is 20.8 Å². The molecule has 36 heavy (non-hydrogen) atoms. The van der Waals surface area contributed by atoms with Gasteiger partial charge in [-0.25, -0.2) is 9.78 Å². The van der Waals surface area contributed by atoms with Gasteiger partial charge in [0.25, 0.3) is 11.8 Å². The van der Waals surface area contributed by atoms with E-state index in [1.807, 2.05) is 0 Å². The number of aromatic nitrogens is 1. The van der Waals surface area contributed by atoms with Crippen molar-refractivity contribution >= 4 is 57.6 Å². The fraction of sp³-hybridized carbons (Fsp3) is 0.429. The third kappa shape index (κ3) is 4.22. The highest BCUT2D eigenvalue weighted by Gasteiger charge is 2.54. The minimum Gasteiger partial charge on any atom is -0.477 e. The summed E-state index contributed by atoms with van der Waals surface area (Å²) in [5, 5.41) is 28.8. The first-order valence-corrected chi connectivity index (χ1v) is 13.1. The van der Waals surface area contributed by atoms with Crippen LogP contribution in [0.15, 0.2) is 33.5 Å². The molecule has 4 aliphatic rings. The van der Waals surface area contributed by atoms with E-state index in [-0.39, 0.29) is 28.2 Å². The molecule has 15 heteroatoms. The molecule has 3 fully saturated rings. The van der Waals surface area contributed by atoms with Crippen LogP contribution in [-0.4, -0.2) is 97.8 Å². The van der Waals surface area contributed by atoms with Crippen LogP contribution in [-0.2, 0) is 19.2 Å². The van der Waals surface area contributed by atoms with Crippen LogP contribution >= 0.6 is 23.1 Å². The number of carboxylic acid groups (broad SMARTS) is 1. The zero-order valence-corrected chi connectivity index (χ0v) is 20.5. The fourth-order valence-corrected chi connectivity index (χ4v) is 6.40. The number of carbonyl (C=O) groups is 4. The van der Waals surface area contributed by atoms with E-state index in [0.29, 0.717) is 36.6 Å². The molecule has 0 aliphatic carbocycles. The molecule has 3 amide bonds. The number of thiazole rings is 1. The molecule has 1 aromatic heterocycles. The van der Waals surface area contributed by atoms with Gasteiger partial charge in [0, 0.05) is 48.8 Å². The maximum absolute atomic E-state index is 12.9. The number of nitrogens with two attached hydrogens (primary N) is 1. The van der Waals surface area contributed by atoms with Crippen LogP contribution < -0.4 is 16.4 Å². The Kier molecular flexibility index (Phi) is 6.44. The van der Waals surface area contributed by atoms with Crippen LogP contribution in [0.3, 0.4) is 0 Å². The number of thioether (sulfide) groups is 1. The Balaban J connectivity index is 1.31. The largest absolute Gasteiger partial charge is 0.477 e. The molecule has 0 spiro atoms. The number of carboxylic acids is 1. The summed E-state index contributed by atoms with van der Waals surface area (Å²) < 4.78 is 0. The number of rotatable bonds is 7. The molecular weight excluding hydrogens is 510 g/mol. The van der Waals surface area contributed by atoms with Crippen molar-refractivity contribution in [2.75, 3.05) is 37.7 Å². The lowest BCUT2D eigenvalue weighted by Gasteiger charge is -2.49. The highest BCUT2D eigenvalue weighted by Crippen LogP contribution is 2.41. The van der Waals surface area contributed by atoms with E-state index in [9.17, 15) is 29.5 Å². The summed E-state index contributed by atoms with van der Waals surface area (Å²) in [6.07, 6.45) is 2.11. The number of likely N-dealkylation sites (tertiary alicyclic amines) is 1. The second-order valence-corrected chi connectivity index (χ2v) is 10.7. The zero-order chi connectivity index (χ0) is 25.6. The topological polar surface area (TPSA) is 191 Å². The van der Waals surface area contributed by atoms with Gasteiger partial charge in [0.15, 0.2) is 10.8 Å². The molecule has 0 unspecified atom stereocenters. The lowest BCUT2D eigenvalue weighted by atomic mass is 10.0. The van der Waals surface area contributed by atoms with Crippen molar-refractivity contribution in [3.05, 3.63) is 34.0 Å². The summed E-state index contributed by atoms with van der Waals surface area (Å²) in [5.41, 5.74) is 5.93. The molecule has 5 heterocycles. The van der Waals surface area contributed by atoms with E-state index in [4.69, 9.17) is 5.73 Å². The highest BCUT2D eigenvalue weighted by atomic mass is 32.2. The Morgan fingerprint density at radius 3 is 2.75 bits per heavy atom. The molecule has 6 N–H and O–H groups in total. The molecule has 5 rings (SSSR count). The van der Waals surface area contributed by atoms with Crippen molar-refractivity contribution in [3.63, 3.8) is 0 Å². The second-order valence-electron chi connectivity index (χ2n) is 8.75. The number of carbonyl (C=O) groups excluding carboxylic acids is 3. The number of β-lactam (4-membered cyclic amide) rings is 1. The van der Waals surface area contributed by atoms with Crippen LogP contribution in [0.2, 0.25) is 0 Å². The molecule has 190 valence electrons. The first-order valence-electron chi connectivity index (χ1n) is 11.1. The smallest absolute Gasteiger partial charge is 0.352 e. The molecule has 0 aromatic carbocycles. The van der Waals surface area contributed by atoms with Gasteiger partial charge < -0.3 is 31.6 Å². The first-order chi connectivity index (χ1) is 17.3. The Morgan fingerprint density at radius 1 is 1.36 bits per heavy atom. The number of anilines is 1. The van der Waals surface area contributed by atoms with Crippen molar-refractivity contribution in [2.45, 2.75) is 17.8 Å². The minimum atomic E-state index is -1.29. The van der Waals surface area contributed by atoms with Crippen molar-refractivity contribution in [1.82, 2.24) is 25.4 Å². The van der Waals surface area contributed by atoms with Crippen LogP contribution in [0.25, 0.3) is 0 Å². The third-order valence-corrected chi connectivity index (χ3v) is 8.45. The average molecular weight is 534 g/mol. The number of nitrogens with zero attached hydrogens (tertiary/aromatic N) is 4. The molecule has 2 atom stereocenters. The van der Waals surface area contributed by atoms with E-state index >= 15 is 0 Å². The number of amides is 3. The lowest BCUT2D eigenvalue weighted by Crippen LogP contribution is -2.71. The minimum absolute atomic E-state index is 0.0568. The maximum Gasteiger partial charge on any atom is 0.352 e. The van der Waals surface area contributed by atoms with Gasteiger partial charge in [0.2, 0.25) is 5.91 Å². The van der Waals surface area contributed by atoms with Crippen LogP contribution in [0, 0.1) is 5.92 Å². The van der Waals surface area contributed by atoms with Crippen molar-refractivity contribution in [2.24, 2.45) is 11.1 Å². The number of fused-ring (bicyclic) bond motifs is 1.